The summed E-state index contributed by atoms with van der Waals surface area (Å²) in [5, 5.41) is 7.97. The van der Waals surface area contributed by atoms with Crippen LogP contribution in [0.25, 0.3) is 11.3 Å². The van der Waals surface area contributed by atoms with Gasteiger partial charge in [0.05, 0.1) is 12.8 Å². The molecule has 2 rings (SSSR count). The lowest BCUT2D eigenvalue weighted by molar-refractivity contribution is 0.111. The van der Waals surface area contributed by atoms with Crippen molar-refractivity contribution < 1.29 is 9.53 Å². The number of aromatic nitrogens is 3. The summed E-state index contributed by atoms with van der Waals surface area (Å²) in [6.07, 6.45) is 0.739. The number of rotatable bonds is 5. The van der Waals surface area contributed by atoms with Crippen molar-refractivity contribution in [1.82, 2.24) is 15.0 Å². The average molecular weight is 259 g/mol. The molecular weight excluding hydrogens is 242 g/mol. The molecule has 0 saturated carbocycles. The maximum Gasteiger partial charge on any atom is 0.172 e. The van der Waals surface area contributed by atoms with Crippen LogP contribution in [0.15, 0.2) is 24.3 Å². The number of hydrogen-bond donors (Lipinski definition) is 0. The van der Waals surface area contributed by atoms with Gasteiger partial charge in [0.2, 0.25) is 0 Å². The number of methoxy groups -OCH3 is 1. The largest absolute Gasteiger partial charge is 0.497 e. The smallest absolute Gasteiger partial charge is 0.172 e. The third kappa shape index (κ3) is 2.81. The van der Waals surface area contributed by atoms with Crippen molar-refractivity contribution in [3.8, 4) is 17.0 Å². The summed E-state index contributed by atoms with van der Waals surface area (Å²) in [6.45, 7) is 4.92. The molecule has 0 atom stereocenters. The Hall–Kier alpha value is -2.17. The predicted octanol–water partition coefficient (Wildman–Crippen LogP) is 2.42. The Morgan fingerprint density at radius 3 is 2.53 bits per heavy atom. The normalized spacial score (nSPS) is 10.7. The van der Waals surface area contributed by atoms with Gasteiger partial charge in [0.25, 0.3) is 0 Å². The molecule has 0 aliphatic heterocycles. The Morgan fingerprint density at radius 2 is 2.00 bits per heavy atom. The molecule has 1 heterocycles. The van der Waals surface area contributed by atoms with E-state index >= 15 is 0 Å². The lowest BCUT2D eigenvalue weighted by Crippen LogP contribution is -2.08. The lowest BCUT2D eigenvalue weighted by Gasteiger charge is -2.09. The molecule has 1 aromatic carbocycles. The summed E-state index contributed by atoms with van der Waals surface area (Å²) in [6, 6.07) is 7.52. The molecule has 2 aromatic rings. The van der Waals surface area contributed by atoms with Gasteiger partial charge in [-0.3, -0.25) is 4.79 Å². The fourth-order valence-corrected chi connectivity index (χ4v) is 1.93. The van der Waals surface area contributed by atoms with Crippen LogP contribution in [0.2, 0.25) is 0 Å². The third-order valence-corrected chi connectivity index (χ3v) is 2.77. The van der Waals surface area contributed by atoms with Gasteiger partial charge in [-0.05, 0) is 30.2 Å². The monoisotopic (exact) mass is 259 g/mol. The number of benzene rings is 1. The second-order valence-electron chi connectivity index (χ2n) is 4.75. The minimum Gasteiger partial charge on any atom is -0.497 e. The fourth-order valence-electron chi connectivity index (χ4n) is 1.93. The predicted molar refractivity (Wildman–Crippen MR) is 72.2 cm³/mol. The first kappa shape index (κ1) is 13.3. The number of nitrogens with zero attached hydrogens (tertiary/aromatic N) is 3. The molecule has 0 N–H and O–H groups in total. The summed E-state index contributed by atoms with van der Waals surface area (Å²) < 4.78 is 6.90. The molecule has 0 amide bonds. The van der Waals surface area contributed by atoms with Crippen LogP contribution in [-0.4, -0.2) is 28.4 Å². The first-order chi connectivity index (χ1) is 9.15. The zero-order valence-corrected chi connectivity index (χ0v) is 11.3. The van der Waals surface area contributed by atoms with E-state index in [0.717, 1.165) is 29.8 Å². The maximum atomic E-state index is 11.1. The number of carbonyl (C=O) groups is 1. The first-order valence-electron chi connectivity index (χ1n) is 6.18. The number of hydrogen-bond acceptors (Lipinski definition) is 4. The van der Waals surface area contributed by atoms with Crippen molar-refractivity contribution in [3.05, 3.63) is 30.0 Å². The maximum absolute atomic E-state index is 11.1. The Bertz CT molecular complexity index is 559. The molecule has 1 aromatic heterocycles. The van der Waals surface area contributed by atoms with E-state index in [1.165, 1.54) is 0 Å². The van der Waals surface area contributed by atoms with Crippen molar-refractivity contribution in [1.29, 1.82) is 0 Å². The van der Waals surface area contributed by atoms with Crippen LogP contribution in [-0.2, 0) is 6.54 Å². The van der Waals surface area contributed by atoms with Gasteiger partial charge in [-0.2, -0.15) is 0 Å². The molecule has 0 bridgehead atoms. The van der Waals surface area contributed by atoms with Gasteiger partial charge in [0, 0.05) is 12.1 Å². The molecule has 19 heavy (non-hydrogen) atoms. The minimum absolute atomic E-state index is 0.366. The number of carbonyl (C=O) groups excluding carboxylic acids is 1. The zero-order valence-electron chi connectivity index (χ0n) is 11.3. The Labute approximate surface area is 112 Å². The third-order valence-electron chi connectivity index (χ3n) is 2.77. The minimum atomic E-state index is 0.366. The van der Waals surface area contributed by atoms with Crippen molar-refractivity contribution in [2.45, 2.75) is 20.4 Å². The van der Waals surface area contributed by atoms with Crippen molar-refractivity contribution in [3.63, 3.8) is 0 Å². The van der Waals surface area contributed by atoms with Gasteiger partial charge >= 0.3 is 0 Å². The van der Waals surface area contributed by atoms with E-state index in [9.17, 15) is 4.79 Å². The lowest BCUT2D eigenvalue weighted by atomic mass is 10.1. The Kier molecular flexibility index (Phi) is 3.94. The van der Waals surface area contributed by atoms with E-state index in [1.807, 2.05) is 24.3 Å². The van der Waals surface area contributed by atoms with E-state index in [0.29, 0.717) is 11.6 Å². The summed E-state index contributed by atoms with van der Waals surface area (Å²) in [5.41, 5.74) is 2.03. The number of ether oxygens (including phenoxy) is 1. The molecule has 0 aliphatic rings. The molecule has 0 fully saturated rings. The summed E-state index contributed by atoms with van der Waals surface area (Å²) >= 11 is 0. The van der Waals surface area contributed by atoms with Crippen LogP contribution in [0.3, 0.4) is 0 Å². The molecule has 5 heteroatoms. The average Bonchev–Trinajstić information content (AvgIpc) is 2.81. The van der Waals surface area contributed by atoms with E-state index < -0.39 is 0 Å². The first-order valence-corrected chi connectivity index (χ1v) is 6.18. The highest BCUT2D eigenvalue weighted by molar-refractivity contribution is 5.83. The highest BCUT2D eigenvalue weighted by Gasteiger charge is 2.15. The molecule has 100 valence electrons. The zero-order chi connectivity index (χ0) is 13.8. The van der Waals surface area contributed by atoms with E-state index in [-0.39, 0.29) is 0 Å². The SMILES string of the molecule is COc1ccc(-c2c(C=O)nnn2CC(C)C)cc1. The molecule has 0 unspecified atom stereocenters. The second kappa shape index (κ2) is 5.65. The van der Waals surface area contributed by atoms with Gasteiger partial charge in [0.15, 0.2) is 12.0 Å². The topological polar surface area (TPSA) is 57.0 Å². The molecule has 0 aliphatic carbocycles. The van der Waals surface area contributed by atoms with Gasteiger partial charge in [0.1, 0.15) is 5.75 Å². The van der Waals surface area contributed by atoms with Crippen LogP contribution < -0.4 is 4.74 Å². The van der Waals surface area contributed by atoms with Crippen LogP contribution >= 0.6 is 0 Å². The van der Waals surface area contributed by atoms with Crippen LogP contribution in [0, 0.1) is 5.92 Å². The molecule has 0 radical (unpaired) electrons. The fraction of sp³-hybridized carbons (Fsp3) is 0.357. The van der Waals surface area contributed by atoms with Gasteiger partial charge in [-0.25, -0.2) is 4.68 Å². The summed E-state index contributed by atoms with van der Waals surface area (Å²) in [5.74, 6) is 1.21. The second-order valence-corrected chi connectivity index (χ2v) is 4.75. The van der Waals surface area contributed by atoms with Crippen LogP contribution in [0.5, 0.6) is 5.75 Å². The Morgan fingerprint density at radius 1 is 1.32 bits per heavy atom. The molecule has 0 spiro atoms. The van der Waals surface area contributed by atoms with E-state index in [4.69, 9.17) is 4.74 Å². The van der Waals surface area contributed by atoms with E-state index in [2.05, 4.69) is 24.2 Å². The molecular formula is C14H17N3O2. The highest BCUT2D eigenvalue weighted by atomic mass is 16.5. The van der Waals surface area contributed by atoms with Crippen molar-refractivity contribution >= 4 is 6.29 Å². The Balaban J connectivity index is 2.45. The summed E-state index contributed by atoms with van der Waals surface area (Å²) in [7, 11) is 1.62. The van der Waals surface area contributed by atoms with Crippen molar-refractivity contribution in [2.24, 2.45) is 5.92 Å². The van der Waals surface area contributed by atoms with Gasteiger partial charge < -0.3 is 4.74 Å². The van der Waals surface area contributed by atoms with Crippen LogP contribution in [0.4, 0.5) is 0 Å². The molecule has 0 saturated heterocycles. The summed E-state index contributed by atoms with van der Waals surface area (Å²) in [4.78, 5) is 11.1. The van der Waals surface area contributed by atoms with Gasteiger partial charge in [-0.1, -0.05) is 19.1 Å². The van der Waals surface area contributed by atoms with E-state index in [1.54, 1.807) is 11.8 Å². The standard InChI is InChI=1S/C14H17N3O2/c1-10(2)8-17-14(13(9-18)15-16-17)11-4-6-12(19-3)7-5-11/h4-7,9-10H,8H2,1-3H3. The van der Waals surface area contributed by atoms with Crippen LogP contribution in [0.1, 0.15) is 24.3 Å². The quantitative estimate of drug-likeness (QED) is 0.774. The highest BCUT2D eigenvalue weighted by Crippen LogP contribution is 2.24. The number of aldehydes is 1. The van der Waals surface area contributed by atoms with Crippen molar-refractivity contribution in [2.75, 3.05) is 7.11 Å². The molecule has 5 nitrogen and oxygen atoms in total. The van der Waals surface area contributed by atoms with Gasteiger partial charge in [-0.15, -0.1) is 5.10 Å².